The lowest BCUT2D eigenvalue weighted by Crippen LogP contribution is -2.28. The summed E-state index contributed by atoms with van der Waals surface area (Å²) in [4.78, 5) is 23.4. The van der Waals surface area contributed by atoms with Crippen LogP contribution in [0.4, 0.5) is 0 Å². The van der Waals surface area contributed by atoms with E-state index in [2.05, 4.69) is 0 Å². The Morgan fingerprint density at radius 3 is 2.43 bits per heavy atom. The van der Waals surface area contributed by atoms with E-state index >= 15 is 0 Å². The van der Waals surface area contributed by atoms with E-state index in [-0.39, 0.29) is 6.42 Å². The van der Waals surface area contributed by atoms with Crippen LogP contribution >= 0.6 is 0 Å². The zero-order valence-electron chi connectivity index (χ0n) is 13.7. The van der Waals surface area contributed by atoms with Crippen molar-refractivity contribution in [3.63, 3.8) is 0 Å². The van der Waals surface area contributed by atoms with E-state index in [0.29, 0.717) is 6.42 Å². The molecule has 4 nitrogen and oxygen atoms in total. The van der Waals surface area contributed by atoms with Gasteiger partial charge in [-0.1, -0.05) is 42.5 Å². The van der Waals surface area contributed by atoms with Crippen LogP contribution in [0.1, 0.15) is 32.8 Å². The Kier molecular flexibility index (Phi) is 5.04. The molecule has 0 amide bonds. The third-order valence-corrected chi connectivity index (χ3v) is 3.53. The Balaban J connectivity index is 2.14. The summed E-state index contributed by atoms with van der Waals surface area (Å²) in [5.41, 5.74) is 2.41. The van der Waals surface area contributed by atoms with E-state index in [9.17, 15) is 14.7 Å². The number of ether oxygens (including phenoxy) is 1. The Hall–Kier alpha value is -2.36. The van der Waals surface area contributed by atoms with Crippen LogP contribution < -0.4 is 0 Å². The largest absolute Gasteiger partial charge is 0.481 e. The standard InChI is InChI=1S/C19H22O4/c1-19(2,3)23-17(20)12-15(18(21)22)11-14-10-9-13-7-5-4-6-8-16(13)14/h4-10,15H,11-12H2,1-3H3,(H,21,22)/t15-/m1/s1. The Bertz CT molecular complexity index is 669. The van der Waals surface area contributed by atoms with Crippen molar-refractivity contribution in [2.24, 2.45) is 5.92 Å². The van der Waals surface area contributed by atoms with Gasteiger partial charge in [-0.25, -0.2) is 0 Å². The van der Waals surface area contributed by atoms with Gasteiger partial charge in [0.25, 0.3) is 0 Å². The summed E-state index contributed by atoms with van der Waals surface area (Å²) in [6.07, 6.45) is 0.181. The monoisotopic (exact) mass is 314 g/mol. The second-order valence-corrected chi connectivity index (χ2v) is 6.67. The molecular formula is C19H22O4. The van der Waals surface area contributed by atoms with Crippen LogP contribution in [0.5, 0.6) is 0 Å². The van der Waals surface area contributed by atoms with Gasteiger partial charge in [-0.3, -0.25) is 9.59 Å². The number of carboxylic acid groups (broad SMARTS) is 1. The van der Waals surface area contributed by atoms with E-state index < -0.39 is 23.5 Å². The first-order chi connectivity index (χ1) is 10.8. The molecule has 4 heteroatoms. The first-order valence-corrected chi connectivity index (χ1v) is 7.67. The predicted octanol–water partition coefficient (Wildman–Crippen LogP) is 3.77. The average molecular weight is 314 g/mol. The molecule has 1 N–H and O–H groups in total. The number of aliphatic carboxylic acids is 1. The summed E-state index contributed by atoms with van der Waals surface area (Å²) in [6.45, 7) is 5.31. The number of carbonyl (C=O) groups excluding carboxylic acids is 1. The average Bonchev–Trinajstić information content (AvgIpc) is 2.65. The summed E-state index contributed by atoms with van der Waals surface area (Å²) in [6, 6.07) is 13.7. The summed E-state index contributed by atoms with van der Waals surface area (Å²) in [5, 5.41) is 9.43. The van der Waals surface area contributed by atoms with E-state index in [1.54, 1.807) is 20.8 Å². The maximum atomic E-state index is 11.9. The molecule has 2 rings (SSSR count). The summed E-state index contributed by atoms with van der Waals surface area (Å²) in [5.74, 6) is -2.25. The lowest BCUT2D eigenvalue weighted by atomic mass is 9.95. The van der Waals surface area contributed by atoms with E-state index in [1.807, 2.05) is 42.5 Å². The van der Waals surface area contributed by atoms with E-state index in [1.165, 1.54) is 0 Å². The molecule has 0 bridgehead atoms. The Morgan fingerprint density at radius 2 is 1.78 bits per heavy atom. The van der Waals surface area contributed by atoms with Gasteiger partial charge in [0.1, 0.15) is 5.60 Å². The molecule has 0 saturated carbocycles. The van der Waals surface area contributed by atoms with Gasteiger partial charge in [0.2, 0.25) is 0 Å². The third kappa shape index (κ3) is 4.81. The molecule has 2 aliphatic rings. The summed E-state index contributed by atoms with van der Waals surface area (Å²) < 4.78 is 5.24. The fourth-order valence-electron chi connectivity index (χ4n) is 2.55. The molecule has 0 fully saturated rings. The highest BCUT2D eigenvalue weighted by molar-refractivity contribution is 5.80. The molecule has 0 aliphatic heterocycles. The second kappa shape index (κ2) is 6.82. The van der Waals surface area contributed by atoms with Crippen LogP contribution in [0.25, 0.3) is 11.1 Å². The third-order valence-electron chi connectivity index (χ3n) is 3.53. The van der Waals surface area contributed by atoms with Crippen molar-refractivity contribution in [1.29, 1.82) is 0 Å². The van der Waals surface area contributed by atoms with Gasteiger partial charge < -0.3 is 9.84 Å². The van der Waals surface area contributed by atoms with Crippen LogP contribution in [0.3, 0.4) is 0 Å². The molecule has 0 aromatic heterocycles. The fraction of sp³-hybridized carbons (Fsp3) is 0.368. The number of fused-ring (bicyclic) bond motifs is 1. The minimum Gasteiger partial charge on any atom is -0.481 e. The molecule has 0 spiro atoms. The zero-order chi connectivity index (χ0) is 17.0. The maximum Gasteiger partial charge on any atom is 0.307 e. The molecule has 122 valence electrons. The first kappa shape index (κ1) is 17.0. The molecular weight excluding hydrogens is 292 g/mol. The molecule has 0 saturated heterocycles. The number of carboxylic acids is 1. The van der Waals surface area contributed by atoms with Crippen LogP contribution in [0.2, 0.25) is 0 Å². The quantitative estimate of drug-likeness (QED) is 0.853. The van der Waals surface area contributed by atoms with Gasteiger partial charge in [0, 0.05) is 0 Å². The van der Waals surface area contributed by atoms with Gasteiger partial charge in [0.15, 0.2) is 0 Å². The van der Waals surface area contributed by atoms with Crippen molar-refractivity contribution in [1.82, 2.24) is 0 Å². The van der Waals surface area contributed by atoms with Crippen molar-refractivity contribution in [2.45, 2.75) is 39.2 Å². The molecule has 0 radical (unpaired) electrons. The van der Waals surface area contributed by atoms with E-state index in [4.69, 9.17) is 4.74 Å². The van der Waals surface area contributed by atoms with Gasteiger partial charge in [-0.2, -0.15) is 0 Å². The highest BCUT2D eigenvalue weighted by Gasteiger charge is 2.26. The molecule has 0 unspecified atom stereocenters. The van der Waals surface area contributed by atoms with Gasteiger partial charge >= 0.3 is 11.9 Å². The Morgan fingerprint density at radius 1 is 1.09 bits per heavy atom. The molecule has 0 aromatic carbocycles. The molecule has 1 atom stereocenters. The minimum absolute atomic E-state index is 0.127. The van der Waals surface area contributed by atoms with Crippen molar-refractivity contribution in [3.05, 3.63) is 48.0 Å². The molecule has 2 aliphatic carbocycles. The highest BCUT2D eigenvalue weighted by atomic mass is 16.6. The molecule has 0 heterocycles. The molecule has 23 heavy (non-hydrogen) atoms. The number of esters is 1. The lowest BCUT2D eigenvalue weighted by Gasteiger charge is -2.21. The predicted molar refractivity (Wildman–Crippen MR) is 88.4 cm³/mol. The zero-order valence-corrected chi connectivity index (χ0v) is 13.7. The lowest BCUT2D eigenvalue weighted by molar-refractivity contribution is -0.159. The smallest absolute Gasteiger partial charge is 0.307 e. The van der Waals surface area contributed by atoms with Gasteiger partial charge in [-0.15, -0.1) is 0 Å². The van der Waals surface area contributed by atoms with Crippen LogP contribution in [-0.4, -0.2) is 22.6 Å². The normalized spacial score (nSPS) is 12.8. The van der Waals surface area contributed by atoms with Crippen molar-refractivity contribution < 1.29 is 19.4 Å². The number of carbonyl (C=O) groups is 2. The first-order valence-electron chi connectivity index (χ1n) is 7.67. The van der Waals surface area contributed by atoms with Crippen LogP contribution in [-0.2, 0) is 20.7 Å². The number of hydrogen-bond acceptors (Lipinski definition) is 3. The summed E-state index contributed by atoms with van der Waals surface area (Å²) in [7, 11) is 0. The Labute approximate surface area is 136 Å². The van der Waals surface area contributed by atoms with Crippen LogP contribution in [0.15, 0.2) is 42.5 Å². The van der Waals surface area contributed by atoms with Crippen molar-refractivity contribution in [3.8, 4) is 11.1 Å². The van der Waals surface area contributed by atoms with Crippen molar-refractivity contribution >= 4 is 11.9 Å². The topological polar surface area (TPSA) is 63.6 Å². The summed E-state index contributed by atoms with van der Waals surface area (Å²) >= 11 is 0. The molecule has 0 aromatic rings. The van der Waals surface area contributed by atoms with E-state index in [0.717, 1.165) is 16.7 Å². The minimum atomic E-state index is -0.981. The number of hydrogen-bond donors (Lipinski definition) is 1. The van der Waals surface area contributed by atoms with Gasteiger partial charge in [0.05, 0.1) is 12.3 Å². The maximum absolute atomic E-state index is 11.9. The second-order valence-electron chi connectivity index (χ2n) is 6.67. The fourth-order valence-corrected chi connectivity index (χ4v) is 2.55. The number of rotatable bonds is 5. The van der Waals surface area contributed by atoms with Gasteiger partial charge in [-0.05, 0) is 43.9 Å². The van der Waals surface area contributed by atoms with Crippen molar-refractivity contribution in [2.75, 3.05) is 0 Å². The SMILES string of the molecule is CC(C)(C)OC(=O)C[C@@H](Cc1ccc2cccccc1-2)C(=O)O. The highest BCUT2D eigenvalue weighted by Crippen LogP contribution is 2.29. The van der Waals surface area contributed by atoms with Crippen LogP contribution in [0, 0.1) is 5.92 Å².